The van der Waals surface area contributed by atoms with Gasteiger partial charge in [0.1, 0.15) is 5.82 Å². The normalized spacial score (nSPS) is 11.2. The van der Waals surface area contributed by atoms with E-state index in [9.17, 15) is 8.42 Å². The zero-order chi connectivity index (χ0) is 14.8. The molecule has 5 nitrogen and oxygen atoms in total. The number of nitrogens with zero attached hydrogens (tertiary/aromatic N) is 1. The van der Waals surface area contributed by atoms with Crippen molar-refractivity contribution in [2.45, 2.75) is 4.90 Å². The molecule has 0 radical (unpaired) electrons. The average molecular weight is 332 g/mol. The highest BCUT2D eigenvalue weighted by Crippen LogP contribution is 2.26. The summed E-state index contributed by atoms with van der Waals surface area (Å²) in [5, 5.41) is 3.41. The van der Waals surface area contributed by atoms with Gasteiger partial charge in [0.05, 0.1) is 20.6 Å². The Morgan fingerprint density at radius 2 is 1.85 bits per heavy atom. The van der Waals surface area contributed by atoms with Crippen molar-refractivity contribution in [1.29, 1.82) is 0 Å². The van der Waals surface area contributed by atoms with Crippen LogP contribution in [0.1, 0.15) is 0 Å². The van der Waals surface area contributed by atoms with Gasteiger partial charge in [-0.1, -0.05) is 23.2 Å². The maximum absolute atomic E-state index is 12.2. The summed E-state index contributed by atoms with van der Waals surface area (Å²) < 4.78 is 26.9. The first-order valence-corrected chi connectivity index (χ1v) is 7.78. The molecule has 8 heteroatoms. The molecule has 0 aliphatic carbocycles. The molecule has 0 amide bonds. The second-order valence-electron chi connectivity index (χ2n) is 3.86. The molecular weight excluding hydrogens is 321 g/mol. The predicted molar refractivity (Wildman–Crippen MR) is 81.1 cm³/mol. The van der Waals surface area contributed by atoms with Gasteiger partial charge in [-0.15, -0.1) is 0 Å². The third-order valence-corrected chi connectivity index (χ3v) is 4.59. The van der Waals surface area contributed by atoms with E-state index in [1.165, 1.54) is 36.5 Å². The second-order valence-corrected chi connectivity index (χ2v) is 6.36. The van der Waals surface area contributed by atoms with Crippen LogP contribution < -0.4 is 10.0 Å². The summed E-state index contributed by atoms with van der Waals surface area (Å²) in [4.78, 5) is 4.06. The van der Waals surface area contributed by atoms with Gasteiger partial charge in [-0.25, -0.2) is 13.4 Å². The molecule has 0 saturated heterocycles. The molecule has 0 saturated carbocycles. The van der Waals surface area contributed by atoms with E-state index >= 15 is 0 Å². The van der Waals surface area contributed by atoms with Gasteiger partial charge in [0.25, 0.3) is 10.0 Å². The minimum atomic E-state index is -3.71. The molecule has 20 heavy (non-hydrogen) atoms. The fourth-order valence-corrected chi connectivity index (χ4v) is 2.85. The lowest BCUT2D eigenvalue weighted by molar-refractivity contribution is 0.601. The van der Waals surface area contributed by atoms with Crippen molar-refractivity contribution in [3.63, 3.8) is 0 Å². The van der Waals surface area contributed by atoms with Crippen LogP contribution in [0.25, 0.3) is 0 Å². The van der Waals surface area contributed by atoms with Crippen LogP contribution in [0.15, 0.2) is 41.4 Å². The summed E-state index contributed by atoms with van der Waals surface area (Å²) in [5.41, 5.74) is 0.335. The first-order valence-electron chi connectivity index (χ1n) is 5.54. The van der Waals surface area contributed by atoms with Crippen LogP contribution in [0.4, 0.5) is 11.5 Å². The van der Waals surface area contributed by atoms with Gasteiger partial charge in [-0.2, -0.15) is 0 Å². The monoisotopic (exact) mass is 331 g/mol. The zero-order valence-corrected chi connectivity index (χ0v) is 12.7. The molecule has 106 valence electrons. The lowest BCUT2D eigenvalue weighted by Crippen LogP contribution is -2.13. The van der Waals surface area contributed by atoms with Crippen molar-refractivity contribution in [3.8, 4) is 0 Å². The van der Waals surface area contributed by atoms with Crippen molar-refractivity contribution < 1.29 is 8.42 Å². The average Bonchev–Trinajstić information content (AvgIpc) is 2.43. The Kier molecular flexibility index (Phi) is 4.37. The summed E-state index contributed by atoms with van der Waals surface area (Å²) in [6, 6.07) is 7.33. The van der Waals surface area contributed by atoms with Gasteiger partial charge in [-0.3, -0.25) is 4.72 Å². The van der Waals surface area contributed by atoms with Gasteiger partial charge < -0.3 is 5.32 Å². The zero-order valence-electron chi connectivity index (χ0n) is 10.4. The first-order chi connectivity index (χ1) is 9.42. The van der Waals surface area contributed by atoms with E-state index in [2.05, 4.69) is 15.0 Å². The highest BCUT2D eigenvalue weighted by Gasteiger charge is 2.15. The van der Waals surface area contributed by atoms with E-state index in [1.807, 2.05) is 0 Å². The molecule has 0 unspecified atom stereocenters. The van der Waals surface area contributed by atoms with E-state index in [4.69, 9.17) is 23.2 Å². The van der Waals surface area contributed by atoms with Crippen LogP contribution in [-0.2, 0) is 10.0 Å². The van der Waals surface area contributed by atoms with Crippen LogP contribution in [0.3, 0.4) is 0 Å². The highest BCUT2D eigenvalue weighted by molar-refractivity contribution is 7.92. The molecule has 1 aromatic heterocycles. The number of benzene rings is 1. The van der Waals surface area contributed by atoms with Crippen LogP contribution in [0, 0.1) is 0 Å². The van der Waals surface area contributed by atoms with Crippen LogP contribution >= 0.6 is 23.2 Å². The van der Waals surface area contributed by atoms with Gasteiger partial charge in [-0.05, 0) is 24.3 Å². The molecule has 0 aliphatic rings. The first kappa shape index (κ1) is 14.9. The Balaban J connectivity index is 2.32. The molecule has 0 bridgehead atoms. The third kappa shape index (κ3) is 3.33. The minimum Gasteiger partial charge on any atom is -0.373 e. The van der Waals surface area contributed by atoms with Crippen LogP contribution in [0.2, 0.25) is 10.0 Å². The lowest BCUT2D eigenvalue weighted by Gasteiger charge is -2.09. The number of aromatic nitrogens is 1. The number of pyridine rings is 1. The van der Waals surface area contributed by atoms with Gasteiger partial charge >= 0.3 is 0 Å². The lowest BCUT2D eigenvalue weighted by atomic mass is 10.3. The second kappa shape index (κ2) is 5.87. The topological polar surface area (TPSA) is 71.1 Å². The van der Waals surface area contributed by atoms with Crippen molar-refractivity contribution in [2.24, 2.45) is 0 Å². The summed E-state index contributed by atoms with van der Waals surface area (Å²) in [5.74, 6) is 0.460. The van der Waals surface area contributed by atoms with E-state index in [0.717, 1.165) is 0 Å². The predicted octanol–water partition coefficient (Wildman–Crippen LogP) is 3.23. The Labute approximate surface area is 127 Å². The Bertz CT molecular complexity index is 735. The molecule has 0 atom stereocenters. The third-order valence-electron chi connectivity index (χ3n) is 2.47. The van der Waals surface area contributed by atoms with Crippen molar-refractivity contribution in [2.75, 3.05) is 17.1 Å². The number of hydrogen-bond acceptors (Lipinski definition) is 4. The molecule has 2 aromatic rings. The fourth-order valence-electron chi connectivity index (χ4n) is 1.49. The van der Waals surface area contributed by atoms with Gasteiger partial charge in [0.15, 0.2) is 0 Å². The molecule has 1 aromatic carbocycles. The number of rotatable bonds is 4. The SMILES string of the molecule is CNc1cc(S(=O)(=O)Nc2ccc(Cl)c(Cl)c2)ccn1. The van der Waals surface area contributed by atoms with E-state index in [-0.39, 0.29) is 9.92 Å². The van der Waals surface area contributed by atoms with Crippen molar-refractivity contribution >= 4 is 44.7 Å². The van der Waals surface area contributed by atoms with Crippen molar-refractivity contribution in [1.82, 2.24) is 4.98 Å². The number of halogens is 2. The molecule has 0 spiro atoms. The summed E-state index contributed by atoms with van der Waals surface area (Å²) in [6.45, 7) is 0. The summed E-state index contributed by atoms with van der Waals surface area (Å²) >= 11 is 11.6. The summed E-state index contributed by atoms with van der Waals surface area (Å²) in [6.07, 6.45) is 1.41. The molecule has 0 fully saturated rings. The summed E-state index contributed by atoms with van der Waals surface area (Å²) in [7, 11) is -2.05. The number of nitrogens with one attached hydrogen (secondary N) is 2. The molecule has 2 rings (SSSR count). The standard InChI is InChI=1S/C12H11Cl2N3O2S/c1-15-12-7-9(4-5-16-12)20(18,19)17-8-2-3-10(13)11(14)6-8/h2-7,17H,1H3,(H,15,16). The van der Waals surface area contributed by atoms with Gasteiger partial charge in [0, 0.05) is 19.3 Å². The maximum Gasteiger partial charge on any atom is 0.262 e. The fraction of sp³-hybridized carbons (Fsp3) is 0.0833. The molecule has 1 heterocycles. The smallest absolute Gasteiger partial charge is 0.262 e. The molecule has 0 aliphatic heterocycles. The maximum atomic E-state index is 12.2. The van der Waals surface area contributed by atoms with E-state index in [1.54, 1.807) is 7.05 Å². The Morgan fingerprint density at radius 1 is 1.10 bits per heavy atom. The number of anilines is 2. The Morgan fingerprint density at radius 3 is 2.50 bits per heavy atom. The minimum absolute atomic E-state index is 0.0999. The number of hydrogen-bond donors (Lipinski definition) is 2. The van der Waals surface area contributed by atoms with Crippen LogP contribution in [0.5, 0.6) is 0 Å². The van der Waals surface area contributed by atoms with E-state index < -0.39 is 10.0 Å². The number of sulfonamides is 1. The highest BCUT2D eigenvalue weighted by atomic mass is 35.5. The molecular formula is C12H11Cl2N3O2S. The molecule has 2 N–H and O–H groups in total. The largest absolute Gasteiger partial charge is 0.373 e. The Hall–Kier alpha value is -1.50. The quantitative estimate of drug-likeness (QED) is 0.902. The van der Waals surface area contributed by atoms with Gasteiger partial charge in [0.2, 0.25) is 0 Å². The van der Waals surface area contributed by atoms with Crippen LogP contribution in [-0.4, -0.2) is 20.4 Å². The van der Waals surface area contributed by atoms with Crippen molar-refractivity contribution in [3.05, 3.63) is 46.6 Å². The van der Waals surface area contributed by atoms with E-state index in [0.29, 0.717) is 16.5 Å².